The molecule has 0 bridgehead atoms. The van der Waals surface area contributed by atoms with Crippen molar-refractivity contribution in [2.45, 2.75) is 33.6 Å². The zero-order valence-electron chi connectivity index (χ0n) is 10.2. The molecule has 0 radical (unpaired) electrons. The lowest BCUT2D eigenvalue weighted by Crippen LogP contribution is -2.01. The molecule has 1 aromatic rings. The van der Waals surface area contributed by atoms with Crippen LogP contribution in [-0.4, -0.2) is 9.78 Å². The van der Waals surface area contributed by atoms with Crippen molar-refractivity contribution in [2.24, 2.45) is 0 Å². The van der Waals surface area contributed by atoms with E-state index in [1.807, 2.05) is 0 Å². The van der Waals surface area contributed by atoms with Gasteiger partial charge in [0.15, 0.2) is 0 Å². The van der Waals surface area contributed by atoms with E-state index in [4.69, 9.17) is 0 Å². The lowest BCUT2D eigenvalue weighted by molar-refractivity contribution is 0.833. The Balaban J connectivity index is 2.44. The average molecular weight is 214 g/mol. The van der Waals surface area contributed by atoms with Crippen molar-refractivity contribution in [1.29, 1.82) is 0 Å². The molecule has 1 aliphatic rings. The van der Waals surface area contributed by atoms with E-state index in [2.05, 4.69) is 60.9 Å². The van der Waals surface area contributed by atoms with E-state index in [0.717, 1.165) is 18.5 Å². The van der Waals surface area contributed by atoms with Crippen LogP contribution >= 0.6 is 0 Å². The van der Waals surface area contributed by atoms with Crippen molar-refractivity contribution in [3.05, 3.63) is 47.3 Å². The summed E-state index contributed by atoms with van der Waals surface area (Å²) in [5.74, 6) is 0. The number of hydrogen-bond donors (Lipinski definition) is 0. The normalized spacial score (nSPS) is 15.1. The predicted octanol–water partition coefficient (Wildman–Crippen LogP) is 3.42. The van der Waals surface area contributed by atoms with Gasteiger partial charge in [-0.2, -0.15) is 5.10 Å². The highest BCUT2D eigenvalue weighted by Crippen LogP contribution is 2.20. The first-order valence-electron chi connectivity index (χ1n) is 5.82. The first-order chi connectivity index (χ1) is 7.74. The molecule has 0 saturated heterocycles. The van der Waals surface area contributed by atoms with Crippen LogP contribution < -0.4 is 0 Å². The molecular formula is C14H18N2. The molecule has 1 heterocycles. The maximum Gasteiger partial charge on any atom is 0.0632 e. The van der Waals surface area contributed by atoms with Crippen molar-refractivity contribution in [3.8, 4) is 0 Å². The van der Waals surface area contributed by atoms with Crippen LogP contribution in [0.25, 0.3) is 5.70 Å². The van der Waals surface area contributed by atoms with Crippen molar-refractivity contribution in [2.75, 3.05) is 0 Å². The van der Waals surface area contributed by atoms with Gasteiger partial charge in [-0.25, -0.2) is 4.68 Å². The third kappa shape index (κ3) is 1.87. The minimum absolute atomic E-state index is 0.943. The molecule has 0 atom stereocenters. The Morgan fingerprint density at radius 1 is 1.25 bits per heavy atom. The van der Waals surface area contributed by atoms with Gasteiger partial charge in [0.25, 0.3) is 0 Å². The Kier molecular flexibility index (Phi) is 3.09. The van der Waals surface area contributed by atoms with Gasteiger partial charge in [0.2, 0.25) is 0 Å². The molecule has 2 heteroatoms. The maximum absolute atomic E-state index is 4.63. The number of hydrogen-bond acceptors (Lipinski definition) is 1. The van der Waals surface area contributed by atoms with Gasteiger partial charge in [-0.15, -0.1) is 0 Å². The molecule has 0 spiro atoms. The molecule has 1 aliphatic carbocycles. The molecule has 0 aromatic carbocycles. The van der Waals surface area contributed by atoms with Gasteiger partial charge in [-0.05, 0) is 31.9 Å². The van der Waals surface area contributed by atoms with Crippen molar-refractivity contribution in [3.63, 3.8) is 0 Å². The van der Waals surface area contributed by atoms with Crippen LogP contribution in [-0.2, 0) is 6.42 Å². The smallest absolute Gasteiger partial charge is 0.0632 e. The third-order valence-corrected chi connectivity index (χ3v) is 3.04. The van der Waals surface area contributed by atoms with Crippen LogP contribution in [0.2, 0.25) is 0 Å². The van der Waals surface area contributed by atoms with Crippen LogP contribution in [0.4, 0.5) is 0 Å². The van der Waals surface area contributed by atoms with Crippen LogP contribution in [0.5, 0.6) is 0 Å². The standard InChI is InChI=1S/C14H18N2/c1-4-14-11(2)15-16(12(14)3)13-9-7-5-6-8-10-13/h5-9H,4,10H2,1-3H3. The van der Waals surface area contributed by atoms with E-state index in [0.29, 0.717) is 0 Å². The molecule has 2 nitrogen and oxygen atoms in total. The van der Waals surface area contributed by atoms with E-state index in [-0.39, 0.29) is 0 Å². The second-order valence-corrected chi connectivity index (χ2v) is 4.09. The minimum Gasteiger partial charge on any atom is -0.241 e. The van der Waals surface area contributed by atoms with Crippen molar-refractivity contribution >= 4 is 5.70 Å². The molecular weight excluding hydrogens is 196 g/mol. The summed E-state index contributed by atoms with van der Waals surface area (Å²) < 4.78 is 2.08. The molecule has 0 amide bonds. The summed E-state index contributed by atoms with van der Waals surface area (Å²) in [5, 5.41) is 4.63. The summed E-state index contributed by atoms with van der Waals surface area (Å²) in [6, 6.07) is 0. The van der Waals surface area contributed by atoms with E-state index in [1.54, 1.807) is 0 Å². The van der Waals surface area contributed by atoms with Gasteiger partial charge in [0, 0.05) is 17.8 Å². The summed E-state index contributed by atoms with van der Waals surface area (Å²) in [4.78, 5) is 0. The number of aromatic nitrogens is 2. The first kappa shape index (κ1) is 10.9. The number of allylic oxidation sites excluding steroid dienone is 6. The van der Waals surface area contributed by atoms with Crippen LogP contribution in [0.15, 0.2) is 30.4 Å². The highest BCUT2D eigenvalue weighted by Gasteiger charge is 2.11. The summed E-state index contributed by atoms with van der Waals surface area (Å²) in [6.07, 6.45) is 12.5. The SMILES string of the molecule is CCc1c(C)nn(C2=CC=CC=CC2)c1C. The van der Waals surface area contributed by atoms with Gasteiger partial charge in [-0.1, -0.05) is 31.2 Å². The van der Waals surface area contributed by atoms with Gasteiger partial charge in [0.05, 0.1) is 5.69 Å². The molecule has 0 saturated carbocycles. The highest BCUT2D eigenvalue weighted by molar-refractivity contribution is 5.53. The molecule has 84 valence electrons. The maximum atomic E-state index is 4.63. The Morgan fingerprint density at radius 2 is 2.06 bits per heavy atom. The predicted molar refractivity (Wildman–Crippen MR) is 68.2 cm³/mol. The summed E-state index contributed by atoms with van der Waals surface area (Å²) in [7, 11) is 0. The number of aryl methyl sites for hydroxylation is 1. The van der Waals surface area contributed by atoms with Crippen LogP contribution in [0.3, 0.4) is 0 Å². The monoisotopic (exact) mass is 214 g/mol. The zero-order chi connectivity index (χ0) is 11.5. The molecule has 16 heavy (non-hydrogen) atoms. The van der Waals surface area contributed by atoms with Gasteiger partial charge in [-0.3, -0.25) is 0 Å². The zero-order valence-corrected chi connectivity index (χ0v) is 10.2. The fourth-order valence-corrected chi connectivity index (χ4v) is 2.19. The second kappa shape index (κ2) is 4.52. The largest absolute Gasteiger partial charge is 0.241 e. The summed E-state index contributed by atoms with van der Waals surface area (Å²) in [6.45, 7) is 6.42. The van der Waals surface area contributed by atoms with Gasteiger partial charge >= 0.3 is 0 Å². The topological polar surface area (TPSA) is 17.8 Å². The second-order valence-electron chi connectivity index (χ2n) is 4.09. The van der Waals surface area contributed by atoms with Crippen LogP contribution in [0, 0.1) is 13.8 Å². The van der Waals surface area contributed by atoms with E-state index in [1.165, 1.54) is 17.0 Å². The minimum atomic E-state index is 0.943. The first-order valence-corrected chi connectivity index (χ1v) is 5.82. The molecule has 2 rings (SSSR count). The fourth-order valence-electron chi connectivity index (χ4n) is 2.19. The lowest BCUT2D eigenvalue weighted by atomic mass is 10.1. The van der Waals surface area contributed by atoms with Gasteiger partial charge in [0.1, 0.15) is 0 Å². The molecule has 0 unspecified atom stereocenters. The quantitative estimate of drug-likeness (QED) is 0.737. The van der Waals surface area contributed by atoms with Crippen molar-refractivity contribution < 1.29 is 0 Å². The molecule has 0 aliphatic heterocycles. The van der Waals surface area contributed by atoms with E-state index in [9.17, 15) is 0 Å². The van der Waals surface area contributed by atoms with Crippen LogP contribution in [0.1, 0.15) is 30.3 Å². The Bertz CT molecular complexity index is 473. The molecule has 1 aromatic heterocycles. The third-order valence-electron chi connectivity index (χ3n) is 3.04. The average Bonchev–Trinajstić information content (AvgIpc) is 2.49. The van der Waals surface area contributed by atoms with Gasteiger partial charge < -0.3 is 0 Å². The summed E-state index contributed by atoms with van der Waals surface area (Å²) >= 11 is 0. The molecule has 0 N–H and O–H groups in total. The Labute approximate surface area is 97.0 Å². The highest BCUT2D eigenvalue weighted by atomic mass is 15.3. The Hall–Kier alpha value is -1.57. The molecule has 0 fully saturated rings. The number of nitrogens with zero attached hydrogens (tertiary/aromatic N) is 2. The van der Waals surface area contributed by atoms with E-state index < -0.39 is 0 Å². The van der Waals surface area contributed by atoms with E-state index >= 15 is 0 Å². The fraction of sp³-hybridized carbons (Fsp3) is 0.357. The summed E-state index contributed by atoms with van der Waals surface area (Å²) in [5.41, 5.74) is 5.04. The van der Waals surface area contributed by atoms with Crippen molar-refractivity contribution in [1.82, 2.24) is 9.78 Å². The number of rotatable bonds is 2. The Morgan fingerprint density at radius 3 is 2.75 bits per heavy atom. The lowest BCUT2D eigenvalue weighted by Gasteiger charge is -2.07.